The summed E-state index contributed by atoms with van der Waals surface area (Å²) >= 11 is 0. The molecule has 1 aromatic carbocycles. The van der Waals surface area contributed by atoms with Crippen LogP contribution >= 0.6 is 0 Å². The number of likely N-dealkylation sites (tertiary alicyclic amines) is 1. The molecule has 1 aliphatic heterocycles. The fourth-order valence-corrected chi connectivity index (χ4v) is 2.63. The second kappa shape index (κ2) is 7.36. The molecule has 1 heterocycles. The van der Waals surface area contributed by atoms with Crippen LogP contribution in [0.3, 0.4) is 0 Å². The Morgan fingerprint density at radius 2 is 2.05 bits per heavy atom. The highest BCUT2D eigenvalue weighted by atomic mass is 16.5. The van der Waals surface area contributed by atoms with Crippen molar-refractivity contribution < 1.29 is 9.47 Å². The van der Waals surface area contributed by atoms with Gasteiger partial charge in [-0.25, -0.2) is 0 Å². The minimum Gasteiger partial charge on any atom is -0.493 e. The molecule has 1 atom stereocenters. The van der Waals surface area contributed by atoms with E-state index in [0.717, 1.165) is 31.1 Å². The van der Waals surface area contributed by atoms with Gasteiger partial charge >= 0.3 is 0 Å². The predicted molar refractivity (Wildman–Crippen MR) is 76.8 cm³/mol. The van der Waals surface area contributed by atoms with Crippen LogP contribution in [-0.4, -0.2) is 44.3 Å². The molecule has 2 rings (SSSR count). The van der Waals surface area contributed by atoms with Crippen molar-refractivity contribution in [1.29, 1.82) is 0 Å². The van der Waals surface area contributed by atoms with E-state index in [1.165, 1.54) is 19.3 Å². The maximum absolute atomic E-state index is 5.82. The van der Waals surface area contributed by atoms with Crippen LogP contribution < -0.4 is 15.2 Å². The number of nitrogens with zero attached hydrogens (tertiary/aromatic N) is 1. The van der Waals surface area contributed by atoms with E-state index < -0.39 is 0 Å². The van der Waals surface area contributed by atoms with E-state index in [-0.39, 0.29) is 0 Å². The minimum absolute atomic E-state index is 0.523. The summed E-state index contributed by atoms with van der Waals surface area (Å²) in [6.45, 7) is 3.49. The Bertz CT molecular complexity index is 384. The third-order valence-corrected chi connectivity index (χ3v) is 3.73. The number of rotatable bonds is 6. The van der Waals surface area contributed by atoms with Crippen molar-refractivity contribution in [3.8, 4) is 11.5 Å². The van der Waals surface area contributed by atoms with Gasteiger partial charge in [-0.1, -0.05) is 18.6 Å². The van der Waals surface area contributed by atoms with E-state index in [4.69, 9.17) is 15.2 Å². The zero-order valence-corrected chi connectivity index (χ0v) is 11.7. The molecule has 0 amide bonds. The van der Waals surface area contributed by atoms with E-state index in [1.807, 2.05) is 24.3 Å². The smallest absolute Gasteiger partial charge is 0.161 e. The first-order valence-electron chi connectivity index (χ1n) is 7.05. The summed E-state index contributed by atoms with van der Waals surface area (Å²) in [5.74, 6) is 1.60. The number of benzene rings is 1. The highest BCUT2D eigenvalue weighted by Gasteiger charge is 2.20. The summed E-state index contributed by atoms with van der Waals surface area (Å²) in [7, 11) is 1.66. The second-order valence-electron chi connectivity index (χ2n) is 4.92. The van der Waals surface area contributed by atoms with Crippen molar-refractivity contribution in [1.82, 2.24) is 4.90 Å². The molecule has 1 aromatic rings. The van der Waals surface area contributed by atoms with Gasteiger partial charge in [0.25, 0.3) is 0 Å². The number of para-hydroxylation sites is 2. The van der Waals surface area contributed by atoms with Crippen LogP contribution in [0.5, 0.6) is 11.5 Å². The van der Waals surface area contributed by atoms with Crippen LogP contribution in [0.2, 0.25) is 0 Å². The van der Waals surface area contributed by atoms with Crippen molar-refractivity contribution in [2.24, 2.45) is 5.73 Å². The van der Waals surface area contributed by atoms with E-state index >= 15 is 0 Å². The Morgan fingerprint density at radius 3 is 2.79 bits per heavy atom. The highest BCUT2D eigenvalue weighted by Crippen LogP contribution is 2.25. The zero-order valence-electron chi connectivity index (χ0n) is 11.7. The molecule has 0 saturated carbocycles. The average molecular weight is 264 g/mol. The molecule has 0 bridgehead atoms. The molecule has 0 aromatic heterocycles. The van der Waals surface area contributed by atoms with Gasteiger partial charge in [0.05, 0.1) is 7.11 Å². The zero-order chi connectivity index (χ0) is 13.5. The van der Waals surface area contributed by atoms with E-state index in [2.05, 4.69) is 4.90 Å². The average Bonchev–Trinajstić information content (AvgIpc) is 2.48. The molecule has 4 nitrogen and oxygen atoms in total. The quantitative estimate of drug-likeness (QED) is 0.852. The molecule has 1 saturated heterocycles. The lowest BCUT2D eigenvalue weighted by atomic mass is 10.0. The molecule has 0 aliphatic carbocycles. The number of piperidine rings is 1. The molecule has 0 spiro atoms. The Labute approximate surface area is 115 Å². The first-order valence-corrected chi connectivity index (χ1v) is 7.05. The fourth-order valence-electron chi connectivity index (χ4n) is 2.63. The Kier molecular flexibility index (Phi) is 5.48. The van der Waals surface area contributed by atoms with Gasteiger partial charge in [0.15, 0.2) is 11.5 Å². The van der Waals surface area contributed by atoms with Gasteiger partial charge in [-0.05, 0) is 31.5 Å². The third kappa shape index (κ3) is 3.85. The summed E-state index contributed by atoms with van der Waals surface area (Å²) < 4.78 is 11.1. The van der Waals surface area contributed by atoms with Gasteiger partial charge in [-0.2, -0.15) is 0 Å². The standard InChI is InChI=1S/C15H24N2O2/c1-18-14-7-2-3-8-15(14)19-11-10-17-9-5-4-6-13(17)12-16/h2-3,7-8,13H,4-6,9-12,16H2,1H3. The third-order valence-electron chi connectivity index (χ3n) is 3.73. The lowest BCUT2D eigenvalue weighted by molar-refractivity contribution is 0.126. The molecular formula is C15H24N2O2. The molecule has 2 N–H and O–H groups in total. The number of ether oxygens (including phenoxy) is 2. The number of methoxy groups -OCH3 is 1. The van der Waals surface area contributed by atoms with Crippen molar-refractivity contribution in [3.05, 3.63) is 24.3 Å². The lowest BCUT2D eigenvalue weighted by Crippen LogP contribution is -2.45. The van der Waals surface area contributed by atoms with Gasteiger partial charge < -0.3 is 15.2 Å². The van der Waals surface area contributed by atoms with E-state index in [0.29, 0.717) is 12.6 Å². The van der Waals surface area contributed by atoms with Crippen LogP contribution in [0.4, 0.5) is 0 Å². The van der Waals surface area contributed by atoms with Crippen LogP contribution in [0.25, 0.3) is 0 Å². The predicted octanol–water partition coefficient (Wildman–Crippen LogP) is 1.89. The van der Waals surface area contributed by atoms with Crippen LogP contribution in [0, 0.1) is 0 Å². The number of hydrogen-bond donors (Lipinski definition) is 1. The largest absolute Gasteiger partial charge is 0.493 e. The molecule has 19 heavy (non-hydrogen) atoms. The van der Waals surface area contributed by atoms with Gasteiger partial charge in [-0.3, -0.25) is 4.90 Å². The summed E-state index contributed by atoms with van der Waals surface area (Å²) in [5, 5.41) is 0. The summed E-state index contributed by atoms with van der Waals surface area (Å²) in [6, 6.07) is 8.28. The lowest BCUT2D eigenvalue weighted by Gasteiger charge is -2.34. The van der Waals surface area contributed by atoms with Crippen molar-refractivity contribution >= 4 is 0 Å². The molecule has 1 fully saturated rings. The topological polar surface area (TPSA) is 47.7 Å². The maximum Gasteiger partial charge on any atom is 0.161 e. The summed E-state index contributed by atoms with van der Waals surface area (Å²) in [5.41, 5.74) is 5.82. The van der Waals surface area contributed by atoms with Crippen LogP contribution in [0.1, 0.15) is 19.3 Å². The second-order valence-corrected chi connectivity index (χ2v) is 4.92. The molecule has 0 radical (unpaired) electrons. The molecule has 106 valence electrons. The van der Waals surface area contributed by atoms with Crippen molar-refractivity contribution in [2.75, 3.05) is 33.4 Å². The molecular weight excluding hydrogens is 240 g/mol. The van der Waals surface area contributed by atoms with Gasteiger partial charge in [0.2, 0.25) is 0 Å². The Hall–Kier alpha value is -1.26. The Balaban J connectivity index is 1.82. The number of hydrogen-bond acceptors (Lipinski definition) is 4. The van der Waals surface area contributed by atoms with Crippen molar-refractivity contribution in [3.63, 3.8) is 0 Å². The molecule has 4 heteroatoms. The monoisotopic (exact) mass is 264 g/mol. The first kappa shape index (κ1) is 14.2. The van der Waals surface area contributed by atoms with Gasteiger partial charge in [-0.15, -0.1) is 0 Å². The van der Waals surface area contributed by atoms with E-state index in [9.17, 15) is 0 Å². The van der Waals surface area contributed by atoms with Gasteiger partial charge in [0.1, 0.15) is 6.61 Å². The highest BCUT2D eigenvalue weighted by molar-refractivity contribution is 5.39. The summed E-state index contributed by atoms with van der Waals surface area (Å²) in [6.07, 6.45) is 3.78. The Morgan fingerprint density at radius 1 is 1.26 bits per heavy atom. The normalized spacial score (nSPS) is 20.2. The maximum atomic E-state index is 5.82. The molecule has 1 aliphatic rings. The fraction of sp³-hybridized carbons (Fsp3) is 0.600. The van der Waals surface area contributed by atoms with Crippen LogP contribution in [0.15, 0.2) is 24.3 Å². The minimum atomic E-state index is 0.523. The molecule has 1 unspecified atom stereocenters. The number of nitrogens with two attached hydrogens (primary N) is 1. The first-order chi connectivity index (χ1) is 9.35. The summed E-state index contributed by atoms with van der Waals surface area (Å²) in [4.78, 5) is 2.44. The SMILES string of the molecule is COc1ccccc1OCCN1CCCCC1CN. The van der Waals surface area contributed by atoms with Crippen molar-refractivity contribution in [2.45, 2.75) is 25.3 Å². The van der Waals surface area contributed by atoms with Gasteiger partial charge in [0, 0.05) is 19.1 Å². The van der Waals surface area contributed by atoms with Crippen LogP contribution in [-0.2, 0) is 0 Å². The van der Waals surface area contributed by atoms with E-state index in [1.54, 1.807) is 7.11 Å².